The zero-order chi connectivity index (χ0) is 13.7. The van der Waals surface area contributed by atoms with E-state index in [0.29, 0.717) is 0 Å². The van der Waals surface area contributed by atoms with Crippen molar-refractivity contribution in [1.82, 2.24) is 0 Å². The van der Waals surface area contributed by atoms with Crippen LogP contribution >= 0.6 is 11.6 Å². The average molecular weight is 278 g/mol. The molecule has 0 spiro atoms. The predicted octanol–water partition coefficient (Wildman–Crippen LogP) is 3.37. The van der Waals surface area contributed by atoms with Crippen molar-refractivity contribution in [2.45, 2.75) is 26.3 Å². The van der Waals surface area contributed by atoms with Crippen LogP contribution in [0.2, 0.25) is 5.02 Å². The van der Waals surface area contributed by atoms with Crippen molar-refractivity contribution in [3.05, 3.63) is 28.8 Å². The SMILES string of the molecule is CCOC(=O)CC(C)Nc1c(F)cc(F)cc1Cl. The maximum Gasteiger partial charge on any atom is 0.307 e. The number of carbonyl (C=O) groups excluding carboxylic acids is 1. The van der Waals surface area contributed by atoms with E-state index in [2.05, 4.69) is 5.32 Å². The average Bonchev–Trinajstić information content (AvgIpc) is 2.23. The summed E-state index contributed by atoms with van der Waals surface area (Å²) in [5.74, 6) is -1.94. The number of carbonyl (C=O) groups is 1. The molecule has 0 fully saturated rings. The molecule has 18 heavy (non-hydrogen) atoms. The lowest BCUT2D eigenvalue weighted by Gasteiger charge is -2.16. The van der Waals surface area contributed by atoms with Gasteiger partial charge in [-0.15, -0.1) is 0 Å². The first kappa shape index (κ1) is 14.7. The molecule has 1 N–H and O–H groups in total. The van der Waals surface area contributed by atoms with Gasteiger partial charge in [-0.2, -0.15) is 0 Å². The van der Waals surface area contributed by atoms with Gasteiger partial charge in [-0.25, -0.2) is 8.78 Å². The minimum atomic E-state index is -0.796. The summed E-state index contributed by atoms with van der Waals surface area (Å²) in [6.45, 7) is 3.67. The molecule has 0 bridgehead atoms. The Morgan fingerprint density at radius 3 is 2.72 bits per heavy atom. The first-order valence-corrected chi connectivity index (χ1v) is 5.88. The molecule has 1 aromatic carbocycles. The van der Waals surface area contributed by atoms with Crippen LogP contribution < -0.4 is 5.32 Å². The largest absolute Gasteiger partial charge is 0.466 e. The van der Waals surface area contributed by atoms with Crippen LogP contribution in [0.5, 0.6) is 0 Å². The van der Waals surface area contributed by atoms with Crippen molar-refractivity contribution in [1.29, 1.82) is 0 Å². The van der Waals surface area contributed by atoms with Gasteiger partial charge in [0.2, 0.25) is 0 Å². The maximum atomic E-state index is 13.5. The number of benzene rings is 1. The molecule has 100 valence electrons. The van der Waals surface area contributed by atoms with Crippen molar-refractivity contribution in [2.75, 3.05) is 11.9 Å². The van der Waals surface area contributed by atoms with E-state index >= 15 is 0 Å². The molecule has 0 amide bonds. The molecule has 1 atom stereocenters. The fourth-order valence-electron chi connectivity index (χ4n) is 1.45. The number of halogens is 3. The summed E-state index contributed by atoms with van der Waals surface area (Å²) in [5, 5.41) is 2.65. The lowest BCUT2D eigenvalue weighted by Crippen LogP contribution is -2.21. The summed E-state index contributed by atoms with van der Waals surface area (Å²) in [6.07, 6.45) is 0.0704. The van der Waals surface area contributed by atoms with Crippen molar-refractivity contribution in [3.63, 3.8) is 0 Å². The number of nitrogens with one attached hydrogen (secondary N) is 1. The van der Waals surface area contributed by atoms with E-state index in [9.17, 15) is 13.6 Å². The Morgan fingerprint density at radius 2 is 2.17 bits per heavy atom. The second kappa shape index (κ2) is 6.54. The van der Waals surface area contributed by atoms with Crippen LogP contribution in [0, 0.1) is 11.6 Å². The van der Waals surface area contributed by atoms with Crippen molar-refractivity contribution in [2.24, 2.45) is 0 Å². The van der Waals surface area contributed by atoms with Crippen LogP contribution in [0.25, 0.3) is 0 Å². The van der Waals surface area contributed by atoms with Gasteiger partial charge in [-0.1, -0.05) is 11.6 Å². The molecule has 1 rings (SSSR count). The highest BCUT2D eigenvalue weighted by molar-refractivity contribution is 6.33. The van der Waals surface area contributed by atoms with Crippen molar-refractivity contribution >= 4 is 23.3 Å². The highest BCUT2D eigenvalue weighted by Crippen LogP contribution is 2.27. The predicted molar refractivity (Wildman–Crippen MR) is 65.7 cm³/mol. The zero-order valence-corrected chi connectivity index (χ0v) is 10.9. The molecule has 0 aromatic heterocycles. The number of hydrogen-bond donors (Lipinski definition) is 1. The normalized spacial score (nSPS) is 12.1. The van der Waals surface area contributed by atoms with Crippen molar-refractivity contribution in [3.8, 4) is 0 Å². The Balaban J connectivity index is 2.70. The molecule has 0 saturated carbocycles. The van der Waals surface area contributed by atoms with Gasteiger partial charge in [-0.05, 0) is 19.9 Å². The number of rotatable bonds is 5. The van der Waals surface area contributed by atoms with E-state index in [1.807, 2.05) is 0 Å². The van der Waals surface area contributed by atoms with Crippen LogP contribution in [-0.4, -0.2) is 18.6 Å². The second-order valence-electron chi connectivity index (χ2n) is 3.80. The van der Waals surface area contributed by atoms with E-state index in [0.717, 1.165) is 12.1 Å². The van der Waals surface area contributed by atoms with Gasteiger partial charge in [0.25, 0.3) is 0 Å². The summed E-state index contributed by atoms with van der Waals surface area (Å²) in [7, 11) is 0. The summed E-state index contributed by atoms with van der Waals surface area (Å²) in [6, 6.07) is 1.36. The molecular weight excluding hydrogens is 264 g/mol. The fourth-order valence-corrected chi connectivity index (χ4v) is 1.70. The molecule has 0 aliphatic carbocycles. The zero-order valence-electron chi connectivity index (χ0n) is 10.1. The van der Waals surface area contributed by atoms with Crippen LogP contribution in [-0.2, 0) is 9.53 Å². The number of anilines is 1. The minimum absolute atomic E-state index is 0.0186. The van der Waals surface area contributed by atoms with Gasteiger partial charge >= 0.3 is 5.97 Å². The van der Waals surface area contributed by atoms with Gasteiger partial charge < -0.3 is 10.1 Å². The third kappa shape index (κ3) is 4.14. The lowest BCUT2D eigenvalue weighted by molar-refractivity contribution is -0.143. The summed E-state index contributed by atoms with van der Waals surface area (Å²) in [5.41, 5.74) is -0.0186. The molecule has 1 unspecified atom stereocenters. The third-order valence-corrected chi connectivity index (χ3v) is 2.47. The summed E-state index contributed by atoms with van der Waals surface area (Å²) < 4.78 is 31.0. The Bertz CT molecular complexity index is 417. The fraction of sp³-hybridized carbons (Fsp3) is 0.417. The molecule has 1 aromatic rings. The van der Waals surface area contributed by atoms with Crippen molar-refractivity contribution < 1.29 is 18.3 Å². The van der Waals surface area contributed by atoms with Crippen LogP contribution in [0.1, 0.15) is 20.3 Å². The lowest BCUT2D eigenvalue weighted by atomic mass is 10.2. The molecule has 0 heterocycles. The highest BCUT2D eigenvalue weighted by Gasteiger charge is 2.15. The van der Waals surface area contributed by atoms with Crippen LogP contribution in [0.3, 0.4) is 0 Å². The molecule has 0 aliphatic heterocycles. The van der Waals surface area contributed by atoms with Gasteiger partial charge in [-0.3, -0.25) is 4.79 Å². The highest BCUT2D eigenvalue weighted by atomic mass is 35.5. The Morgan fingerprint density at radius 1 is 1.50 bits per heavy atom. The quantitative estimate of drug-likeness (QED) is 0.839. The minimum Gasteiger partial charge on any atom is -0.466 e. The first-order valence-electron chi connectivity index (χ1n) is 5.50. The van der Waals surface area contributed by atoms with E-state index in [-0.39, 0.29) is 29.8 Å². The number of esters is 1. The van der Waals surface area contributed by atoms with Crippen LogP contribution in [0.4, 0.5) is 14.5 Å². The molecule has 0 aliphatic rings. The Hall–Kier alpha value is -1.36. The summed E-state index contributed by atoms with van der Waals surface area (Å²) >= 11 is 5.72. The standard InChI is InChI=1S/C12H14ClF2NO2/c1-3-18-11(17)4-7(2)16-12-9(13)5-8(14)6-10(12)15/h5-7,16H,3-4H2,1-2H3. The molecule has 6 heteroatoms. The van der Waals surface area contributed by atoms with E-state index in [1.165, 1.54) is 0 Å². The van der Waals surface area contributed by atoms with Gasteiger partial charge in [0.1, 0.15) is 5.82 Å². The smallest absolute Gasteiger partial charge is 0.307 e. The second-order valence-corrected chi connectivity index (χ2v) is 4.21. The van der Waals surface area contributed by atoms with Crippen LogP contribution in [0.15, 0.2) is 12.1 Å². The first-order chi connectivity index (χ1) is 8.43. The number of hydrogen-bond acceptors (Lipinski definition) is 3. The van der Waals surface area contributed by atoms with E-state index < -0.39 is 17.6 Å². The summed E-state index contributed by atoms with van der Waals surface area (Å²) in [4.78, 5) is 11.2. The van der Waals surface area contributed by atoms with Gasteiger partial charge in [0.15, 0.2) is 5.82 Å². The topological polar surface area (TPSA) is 38.3 Å². The molecule has 3 nitrogen and oxygen atoms in total. The van der Waals surface area contributed by atoms with E-state index in [1.54, 1.807) is 13.8 Å². The monoisotopic (exact) mass is 277 g/mol. The molecule has 0 saturated heterocycles. The molecule has 0 radical (unpaired) electrons. The third-order valence-electron chi connectivity index (χ3n) is 2.18. The van der Waals surface area contributed by atoms with E-state index in [4.69, 9.17) is 16.3 Å². The number of ether oxygens (including phenoxy) is 1. The Kier molecular flexibility index (Phi) is 5.34. The van der Waals surface area contributed by atoms with Gasteiger partial charge in [0.05, 0.1) is 23.7 Å². The Labute approximate surface area is 109 Å². The molecular formula is C12H14ClF2NO2. The van der Waals surface area contributed by atoms with Gasteiger partial charge in [0, 0.05) is 12.1 Å². The maximum absolute atomic E-state index is 13.5.